The zero-order valence-corrected chi connectivity index (χ0v) is 7.48. The van der Waals surface area contributed by atoms with Crippen LogP contribution in [-0.2, 0) is 13.1 Å². The second-order valence-corrected chi connectivity index (χ2v) is 2.74. The molecule has 0 saturated heterocycles. The molecule has 2 N–H and O–H groups in total. The average molecular weight is 179 g/mol. The number of unbranched alkanes of at least 4 members (excludes halogenated alkanes) is 2. The summed E-state index contributed by atoms with van der Waals surface area (Å²) in [6.45, 7) is 1.19. The predicted molar refractivity (Wildman–Crippen MR) is 47.4 cm³/mol. The lowest BCUT2D eigenvalue weighted by molar-refractivity contribution is 0.556. The summed E-state index contributed by atoms with van der Waals surface area (Å²) in [5.74, 6) is 0.667. The van der Waals surface area contributed by atoms with Gasteiger partial charge in [0.25, 0.3) is 0 Å². The number of hydrogen-bond donors (Lipinski definition) is 1. The van der Waals surface area contributed by atoms with Crippen molar-refractivity contribution in [1.82, 2.24) is 14.8 Å². The zero-order valence-electron chi connectivity index (χ0n) is 7.48. The van der Waals surface area contributed by atoms with E-state index in [0.717, 1.165) is 19.4 Å². The van der Waals surface area contributed by atoms with Gasteiger partial charge >= 0.3 is 0 Å². The molecule has 0 radical (unpaired) electrons. The molecule has 70 valence electrons. The third kappa shape index (κ3) is 3.22. The quantitative estimate of drug-likeness (QED) is 0.664. The molecule has 1 aromatic heterocycles. The smallest absolute Gasteiger partial charge is 0.164 e. The van der Waals surface area contributed by atoms with E-state index in [-0.39, 0.29) is 0 Å². The molecule has 13 heavy (non-hydrogen) atoms. The summed E-state index contributed by atoms with van der Waals surface area (Å²) < 4.78 is 1.76. The molecule has 0 aliphatic heterocycles. The van der Waals surface area contributed by atoms with E-state index >= 15 is 0 Å². The Kier molecular flexibility index (Phi) is 3.93. The number of nitriles is 1. The topological polar surface area (TPSA) is 80.5 Å². The third-order valence-corrected chi connectivity index (χ3v) is 1.69. The summed E-state index contributed by atoms with van der Waals surface area (Å²) in [6, 6.07) is 2.11. The number of nitrogens with two attached hydrogens (primary N) is 1. The number of rotatable bonds is 5. The Labute approximate surface area is 77.2 Å². The van der Waals surface area contributed by atoms with E-state index in [2.05, 4.69) is 16.2 Å². The van der Waals surface area contributed by atoms with Gasteiger partial charge in [0.2, 0.25) is 0 Å². The van der Waals surface area contributed by atoms with E-state index in [1.165, 1.54) is 0 Å². The molecule has 1 heterocycles. The molecule has 0 fully saturated rings. The maximum absolute atomic E-state index is 8.30. The standard InChI is InChI=1S/C8H13N5/c9-4-2-1-3-5-13-7-11-8(6-10)12-13/h7H,1-3,5-6,10H2. The fourth-order valence-corrected chi connectivity index (χ4v) is 1.01. The van der Waals surface area contributed by atoms with Crippen molar-refractivity contribution < 1.29 is 0 Å². The maximum Gasteiger partial charge on any atom is 0.164 e. The van der Waals surface area contributed by atoms with Crippen LogP contribution in [0.2, 0.25) is 0 Å². The highest BCUT2D eigenvalue weighted by Crippen LogP contribution is 1.97. The molecule has 0 aliphatic rings. The molecule has 0 saturated carbocycles. The van der Waals surface area contributed by atoms with Gasteiger partial charge in [-0.15, -0.1) is 0 Å². The van der Waals surface area contributed by atoms with Crippen molar-refractivity contribution >= 4 is 0 Å². The van der Waals surface area contributed by atoms with Crippen LogP contribution >= 0.6 is 0 Å². The molecular formula is C8H13N5. The summed E-state index contributed by atoms with van der Waals surface area (Å²) in [7, 11) is 0. The van der Waals surface area contributed by atoms with E-state index in [9.17, 15) is 0 Å². The molecule has 0 aliphatic carbocycles. The Hall–Kier alpha value is -1.41. The minimum absolute atomic E-state index is 0.380. The fourth-order valence-electron chi connectivity index (χ4n) is 1.01. The first kappa shape index (κ1) is 9.68. The Bertz CT molecular complexity index is 285. The van der Waals surface area contributed by atoms with Gasteiger partial charge in [-0.1, -0.05) is 0 Å². The summed E-state index contributed by atoms with van der Waals surface area (Å²) in [5.41, 5.74) is 5.36. The van der Waals surface area contributed by atoms with Crippen LogP contribution in [0.4, 0.5) is 0 Å². The van der Waals surface area contributed by atoms with Crippen LogP contribution in [0, 0.1) is 11.3 Å². The molecule has 0 bridgehead atoms. The second kappa shape index (κ2) is 5.27. The first-order valence-electron chi connectivity index (χ1n) is 4.32. The Morgan fingerprint density at radius 3 is 3.00 bits per heavy atom. The van der Waals surface area contributed by atoms with Crippen molar-refractivity contribution in [2.45, 2.75) is 32.4 Å². The molecule has 1 aromatic rings. The van der Waals surface area contributed by atoms with Crippen LogP contribution in [0.25, 0.3) is 0 Å². The van der Waals surface area contributed by atoms with E-state index in [0.29, 0.717) is 18.8 Å². The number of hydrogen-bond acceptors (Lipinski definition) is 4. The molecule has 0 atom stereocenters. The van der Waals surface area contributed by atoms with Crippen molar-refractivity contribution in [3.8, 4) is 6.07 Å². The van der Waals surface area contributed by atoms with Crippen LogP contribution in [0.5, 0.6) is 0 Å². The van der Waals surface area contributed by atoms with Gasteiger partial charge in [0.15, 0.2) is 5.82 Å². The molecular weight excluding hydrogens is 166 g/mol. The molecule has 5 heteroatoms. The number of aryl methyl sites for hydroxylation is 1. The van der Waals surface area contributed by atoms with Gasteiger partial charge < -0.3 is 5.73 Å². The maximum atomic E-state index is 8.30. The van der Waals surface area contributed by atoms with Crippen molar-refractivity contribution in [3.05, 3.63) is 12.2 Å². The van der Waals surface area contributed by atoms with Crippen LogP contribution in [0.15, 0.2) is 6.33 Å². The normalized spacial score (nSPS) is 9.85. The van der Waals surface area contributed by atoms with Gasteiger partial charge in [-0.2, -0.15) is 10.4 Å². The Morgan fingerprint density at radius 1 is 1.54 bits per heavy atom. The molecule has 5 nitrogen and oxygen atoms in total. The minimum Gasteiger partial charge on any atom is -0.324 e. The number of aromatic nitrogens is 3. The monoisotopic (exact) mass is 179 g/mol. The van der Waals surface area contributed by atoms with E-state index in [1.54, 1.807) is 11.0 Å². The molecule has 1 rings (SSSR count). The highest BCUT2D eigenvalue weighted by atomic mass is 15.3. The lowest BCUT2D eigenvalue weighted by atomic mass is 10.2. The van der Waals surface area contributed by atoms with Crippen molar-refractivity contribution in [1.29, 1.82) is 5.26 Å². The van der Waals surface area contributed by atoms with Crippen molar-refractivity contribution in [3.63, 3.8) is 0 Å². The summed E-state index contributed by atoms with van der Waals surface area (Å²) in [6.07, 6.45) is 4.16. The lowest BCUT2D eigenvalue weighted by Crippen LogP contribution is -2.02. The molecule has 0 spiro atoms. The first-order valence-corrected chi connectivity index (χ1v) is 4.32. The SMILES string of the molecule is N#CCCCCn1cnc(CN)n1. The average Bonchev–Trinajstić information content (AvgIpc) is 2.60. The van der Waals surface area contributed by atoms with Crippen LogP contribution < -0.4 is 5.73 Å². The van der Waals surface area contributed by atoms with E-state index in [4.69, 9.17) is 11.0 Å². The van der Waals surface area contributed by atoms with E-state index < -0.39 is 0 Å². The molecule has 0 unspecified atom stereocenters. The predicted octanol–water partition coefficient (Wildman–Crippen LogP) is 0.431. The minimum atomic E-state index is 0.380. The fraction of sp³-hybridized carbons (Fsp3) is 0.625. The van der Waals surface area contributed by atoms with Gasteiger partial charge in [-0.3, -0.25) is 4.68 Å². The Balaban J connectivity index is 2.25. The summed E-state index contributed by atoms with van der Waals surface area (Å²) >= 11 is 0. The Morgan fingerprint density at radius 2 is 2.38 bits per heavy atom. The zero-order chi connectivity index (χ0) is 9.52. The van der Waals surface area contributed by atoms with Gasteiger partial charge in [0.1, 0.15) is 6.33 Å². The lowest BCUT2D eigenvalue weighted by Gasteiger charge is -1.96. The van der Waals surface area contributed by atoms with Crippen molar-refractivity contribution in [2.24, 2.45) is 5.73 Å². The number of nitrogens with zero attached hydrogens (tertiary/aromatic N) is 4. The highest BCUT2D eigenvalue weighted by molar-refractivity contribution is 4.79. The van der Waals surface area contributed by atoms with Gasteiger partial charge in [0, 0.05) is 13.0 Å². The van der Waals surface area contributed by atoms with Crippen LogP contribution in [0.3, 0.4) is 0 Å². The largest absolute Gasteiger partial charge is 0.324 e. The third-order valence-electron chi connectivity index (χ3n) is 1.69. The van der Waals surface area contributed by atoms with E-state index in [1.807, 2.05) is 0 Å². The molecule has 0 aromatic carbocycles. The van der Waals surface area contributed by atoms with Gasteiger partial charge in [-0.25, -0.2) is 4.98 Å². The van der Waals surface area contributed by atoms with Gasteiger partial charge in [0.05, 0.1) is 12.6 Å². The van der Waals surface area contributed by atoms with Crippen molar-refractivity contribution in [2.75, 3.05) is 0 Å². The first-order chi connectivity index (χ1) is 6.36. The van der Waals surface area contributed by atoms with Crippen LogP contribution in [0.1, 0.15) is 25.1 Å². The highest BCUT2D eigenvalue weighted by Gasteiger charge is 1.97. The van der Waals surface area contributed by atoms with Crippen LogP contribution in [-0.4, -0.2) is 14.8 Å². The summed E-state index contributed by atoms with van der Waals surface area (Å²) in [5, 5.41) is 12.4. The second-order valence-electron chi connectivity index (χ2n) is 2.74. The summed E-state index contributed by atoms with van der Waals surface area (Å²) in [4.78, 5) is 4.00. The molecule has 0 amide bonds. The van der Waals surface area contributed by atoms with Gasteiger partial charge in [-0.05, 0) is 12.8 Å².